The van der Waals surface area contributed by atoms with Gasteiger partial charge in [-0.3, -0.25) is 4.90 Å². The molecule has 2 aliphatic heterocycles. The highest BCUT2D eigenvalue weighted by molar-refractivity contribution is 5.67. The first kappa shape index (κ1) is 18.1. The fraction of sp³-hybridized carbons (Fsp3) is 0.833. The predicted molar refractivity (Wildman–Crippen MR) is 90.2 cm³/mol. The summed E-state index contributed by atoms with van der Waals surface area (Å²) in [5.41, 5.74) is -0.401. The Hall–Kier alpha value is -1.25. The van der Waals surface area contributed by atoms with Gasteiger partial charge >= 0.3 is 6.09 Å². The van der Waals surface area contributed by atoms with E-state index in [2.05, 4.69) is 37.5 Å². The zero-order valence-corrected chi connectivity index (χ0v) is 15.0. The quantitative estimate of drug-likeness (QED) is 0.733. The molecule has 2 aliphatic rings. The van der Waals surface area contributed by atoms with Crippen LogP contribution < -0.4 is 0 Å². The number of hydrogen-bond acceptors (Lipinski definition) is 4. The normalized spacial score (nSPS) is 27.9. The van der Waals surface area contributed by atoms with Gasteiger partial charge in [0.05, 0.1) is 18.8 Å². The molecule has 5 nitrogen and oxygen atoms in total. The van der Waals surface area contributed by atoms with Crippen molar-refractivity contribution in [1.29, 1.82) is 0 Å². The first-order valence-corrected chi connectivity index (χ1v) is 8.68. The van der Waals surface area contributed by atoms with Crippen molar-refractivity contribution in [2.45, 2.75) is 58.2 Å². The second-order valence-corrected chi connectivity index (χ2v) is 7.21. The van der Waals surface area contributed by atoms with Crippen LogP contribution in [0.1, 0.15) is 47.0 Å². The molecule has 2 fully saturated rings. The van der Waals surface area contributed by atoms with Gasteiger partial charge in [-0.25, -0.2) is 4.79 Å². The molecule has 1 amide bonds. The van der Waals surface area contributed by atoms with E-state index in [1.807, 2.05) is 6.92 Å². The summed E-state index contributed by atoms with van der Waals surface area (Å²) in [6, 6.07) is 0. The maximum atomic E-state index is 11.7. The average molecular weight is 322 g/mol. The minimum atomic E-state index is -0.325. The summed E-state index contributed by atoms with van der Waals surface area (Å²) in [6.07, 6.45) is 3.06. The first-order valence-electron chi connectivity index (χ1n) is 8.68. The molecule has 0 spiro atoms. The van der Waals surface area contributed by atoms with E-state index >= 15 is 0 Å². The third-order valence-electron chi connectivity index (χ3n) is 4.49. The van der Waals surface area contributed by atoms with E-state index in [4.69, 9.17) is 9.47 Å². The molecule has 0 radical (unpaired) electrons. The minimum Gasteiger partial charge on any atom is -0.450 e. The SMILES string of the molecule is CCOC(=O)N1CCN(CC#CC2(C)CCCC(C)(C)O2)CC1. The monoisotopic (exact) mass is 322 g/mol. The molecule has 2 heterocycles. The Morgan fingerprint density at radius 3 is 2.48 bits per heavy atom. The molecule has 0 bridgehead atoms. The third-order valence-corrected chi connectivity index (χ3v) is 4.49. The molecule has 0 aliphatic carbocycles. The van der Waals surface area contributed by atoms with Crippen molar-refractivity contribution in [1.82, 2.24) is 9.80 Å². The molecule has 0 N–H and O–H groups in total. The lowest BCUT2D eigenvalue weighted by Crippen LogP contribution is -2.49. The zero-order chi connectivity index (χ0) is 16.9. The number of hydrogen-bond donors (Lipinski definition) is 0. The fourth-order valence-corrected chi connectivity index (χ4v) is 3.29. The van der Waals surface area contributed by atoms with Crippen LogP contribution in [0.3, 0.4) is 0 Å². The fourth-order valence-electron chi connectivity index (χ4n) is 3.29. The summed E-state index contributed by atoms with van der Waals surface area (Å²) in [4.78, 5) is 15.7. The summed E-state index contributed by atoms with van der Waals surface area (Å²) in [6.45, 7) is 12.5. The number of nitrogens with zero attached hydrogens (tertiary/aromatic N) is 2. The van der Waals surface area contributed by atoms with Crippen LogP contribution in [0, 0.1) is 11.8 Å². The third kappa shape index (κ3) is 5.40. The van der Waals surface area contributed by atoms with Gasteiger partial charge in [-0.15, -0.1) is 0 Å². The van der Waals surface area contributed by atoms with Gasteiger partial charge in [-0.1, -0.05) is 11.8 Å². The van der Waals surface area contributed by atoms with Crippen molar-refractivity contribution in [2.75, 3.05) is 39.3 Å². The van der Waals surface area contributed by atoms with Gasteiger partial charge in [0.1, 0.15) is 5.60 Å². The summed E-state index contributed by atoms with van der Waals surface area (Å²) >= 11 is 0. The lowest BCUT2D eigenvalue weighted by molar-refractivity contribution is -0.135. The number of piperazine rings is 1. The standard InChI is InChI=1S/C18H30N2O3/c1-5-22-16(21)20-14-12-19(13-15-20)11-7-10-18(4)9-6-8-17(2,3)23-18/h5-6,8-9,11-15H2,1-4H3. The molecule has 2 saturated heterocycles. The topological polar surface area (TPSA) is 42.0 Å². The molecule has 1 unspecified atom stereocenters. The number of ether oxygens (including phenoxy) is 2. The first-order chi connectivity index (χ1) is 10.8. The number of carbonyl (C=O) groups excluding carboxylic acids is 1. The highest BCUT2D eigenvalue weighted by Gasteiger charge is 2.35. The van der Waals surface area contributed by atoms with E-state index < -0.39 is 0 Å². The van der Waals surface area contributed by atoms with Gasteiger partial charge in [0, 0.05) is 26.2 Å². The van der Waals surface area contributed by atoms with E-state index in [-0.39, 0.29) is 17.3 Å². The van der Waals surface area contributed by atoms with Crippen molar-refractivity contribution < 1.29 is 14.3 Å². The molecular weight excluding hydrogens is 292 g/mol. The minimum absolute atomic E-state index is 0.0764. The molecule has 23 heavy (non-hydrogen) atoms. The second kappa shape index (κ2) is 7.55. The van der Waals surface area contributed by atoms with Crippen LogP contribution in [0.15, 0.2) is 0 Å². The van der Waals surface area contributed by atoms with E-state index in [0.717, 1.165) is 38.9 Å². The predicted octanol–water partition coefficient (Wildman–Crippen LogP) is 2.50. The molecule has 0 aromatic rings. The Morgan fingerprint density at radius 2 is 1.87 bits per heavy atom. The summed E-state index contributed by atoms with van der Waals surface area (Å²) in [5.74, 6) is 6.62. The summed E-state index contributed by atoms with van der Waals surface area (Å²) in [5, 5.41) is 0. The zero-order valence-electron chi connectivity index (χ0n) is 15.0. The van der Waals surface area contributed by atoms with Crippen molar-refractivity contribution in [3.8, 4) is 11.8 Å². The lowest BCUT2D eigenvalue weighted by atomic mass is 9.88. The van der Waals surface area contributed by atoms with Gasteiger partial charge < -0.3 is 14.4 Å². The van der Waals surface area contributed by atoms with E-state index in [0.29, 0.717) is 19.7 Å². The number of amides is 1. The van der Waals surface area contributed by atoms with E-state index in [1.54, 1.807) is 4.90 Å². The van der Waals surface area contributed by atoms with Crippen LogP contribution in [-0.4, -0.2) is 66.4 Å². The Balaban J connectivity index is 1.79. The van der Waals surface area contributed by atoms with Crippen molar-refractivity contribution in [3.05, 3.63) is 0 Å². The van der Waals surface area contributed by atoms with Crippen LogP contribution in [0.5, 0.6) is 0 Å². The molecule has 2 rings (SSSR count). The second-order valence-electron chi connectivity index (χ2n) is 7.21. The largest absolute Gasteiger partial charge is 0.450 e. The molecule has 0 aromatic carbocycles. The maximum absolute atomic E-state index is 11.7. The molecule has 1 atom stereocenters. The maximum Gasteiger partial charge on any atom is 0.409 e. The van der Waals surface area contributed by atoms with Gasteiger partial charge in [-0.05, 0) is 47.0 Å². The van der Waals surface area contributed by atoms with Gasteiger partial charge in [-0.2, -0.15) is 0 Å². The van der Waals surface area contributed by atoms with Gasteiger partial charge in [0.25, 0.3) is 0 Å². The highest BCUT2D eigenvalue weighted by Crippen LogP contribution is 2.34. The molecular formula is C18H30N2O3. The Labute approximate surface area is 140 Å². The van der Waals surface area contributed by atoms with Crippen molar-refractivity contribution >= 4 is 6.09 Å². The van der Waals surface area contributed by atoms with E-state index in [9.17, 15) is 4.79 Å². The van der Waals surface area contributed by atoms with Crippen molar-refractivity contribution in [2.24, 2.45) is 0 Å². The van der Waals surface area contributed by atoms with Crippen LogP contribution >= 0.6 is 0 Å². The Bertz CT molecular complexity index is 472. The summed E-state index contributed by atoms with van der Waals surface area (Å²) in [7, 11) is 0. The number of carbonyl (C=O) groups is 1. The Kier molecular flexibility index (Phi) is 5.94. The van der Waals surface area contributed by atoms with E-state index in [1.165, 1.54) is 0 Å². The molecule has 130 valence electrons. The Morgan fingerprint density at radius 1 is 1.17 bits per heavy atom. The lowest BCUT2D eigenvalue weighted by Gasteiger charge is -2.40. The van der Waals surface area contributed by atoms with Crippen molar-refractivity contribution in [3.63, 3.8) is 0 Å². The van der Waals surface area contributed by atoms with Gasteiger partial charge in [0.15, 0.2) is 0 Å². The molecule has 5 heteroatoms. The van der Waals surface area contributed by atoms with Crippen LogP contribution in [0.25, 0.3) is 0 Å². The van der Waals surface area contributed by atoms with Crippen LogP contribution in [-0.2, 0) is 9.47 Å². The average Bonchev–Trinajstić information content (AvgIpc) is 2.46. The molecule has 0 saturated carbocycles. The number of rotatable bonds is 2. The van der Waals surface area contributed by atoms with Gasteiger partial charge in [0.2, 0.25) is 0 Å². The smallest absolute Gasteiger partial charge is 0.409 e. The van der Waals surface area contributed by atoms with Crippen LogP contribution in [0.2, 0.25) is 0 Å². The molecule has 0 aromatic heterocycles. The highest BCUT2D eigenvalue weighted by atomic mass is 16.6. The summed E-state index contributed by atoms with van der Waals surface area (Å²) < 4.78 is 11.2. The van der Waals surface area contributed by atoms with Crippen LogP contribution in [0.4, 0.5) is 4.79 Å².